The number of rotatable bonds is 7. The maximum atomic E-state index is 12.0. The van der Waals surface area contributed by atoms with Gasteiger partial charge in [-0.1, -0.05) is 26.2 Å². The van der Waals surface area contributed by atoms with Crippen LogP contribution in [0.2, 0.25) is 0 Å². The van der Waals surface area contributed by atoms with Gasteiger partial charge in [-0.15, -0.1) is 0 Å². The molecule has 1 saturated carbocycles. The van der Waals surface area contributed by atoms with Gasteiger partial charge < -0.3 is 5.11 Å². The first-order valence-corrected chi connectivity index (χ1v) is 8.32. The second kappa shape index (κ2) is 7.43. The molecule has 6 heteroatoms. The minimum Gasteiger partial charge on any atom is -0.393 e. The Balaban J connectivity index is 2.41. The molecule has 1 aliphatic rings. The van der Waals surface area contributed by atoms with Crippen molar-refractivity contribution in [3.63, 3.8) is 0 Å². The number of aliphatic hydroxyl groups is 1. The predicted molar refractivity (Wildman–Crippen MR) is 72.5 cm³/mol. The lowest BCUT2D eigenvalue weighted by Crippen LogP contribution is -2.45. The molecule has 18 heavy (non-hydrogen) atoms. The zero-order valence-corrected chi connectivity index (χ0v) is 12.2. The van der Waals surface area contributed by atoms with Crippen LogP contribution in [-0.4, -0.2) is 43.6 Å². The molecule has 0 heterocycles. The van der Waals surface area contributed by atoms with E-state index < -0.39 is 16.3 Å². The second-order valence-electron chi connectivity index (χ2n) is 5.06. The highest BCUT2D eigenvalue weighted by Crippen LogP contribution is 2.22. The lowest BCUT2D eigenvalue weighted by Gasteiger charge is -2.30. The first-order valence-electron chi connectivity index (χ1n) is 6.88. The molecular formula is C12H26N2O3S. The van der Waals surface area contributed by atoms with E-state index >= 15 is 0 Å². The number of hydrogen-bond acceptors (Lipinski definition) is 3. The summed E-state index contributed by atoms with van der Waals surface area (Å²) in [6, 6.07) is 0.132. The zero-order valence-electron chi connectivity index (χ0n) is 11.4. The van der Waals surface area contributed by atoms with Gasteiger partial charge in [0.2, 0.25) is 0 Å². The van der Waals surface area contributed by atoms with Crippen molar-refractivity contribution < 1.29 is 13.5 Å². The molecule has 0 radical (unpaired) electrons. The molecule has 0 aromatic heterocycles. The van der Waals surface area contributed by atoms with Crippen LogP contribution in [0.4, 0.5) is 0 Å². The van der Waals surface area contributed by atoms with Crippen LogP contribution >= 0.6 is 0 Å². The molecule has 108 valence electrons. The van der Waals surface area contributed by atoms with E-state index in [1.54, 1.807) is 7.05 Å². The van der Waals surface area contributed by atoms with Crippen LogP contribution in [0.5, 0.6) is 0 Å². The normalized spacial score (nSPS) is 20.2. The van der Waals surface area contributed by atoms with E-state index in [9.17, 15) is 13.5 Å². The van der Waals surface area contributed by atoms with Crippen LogP contribution in [0, 0.1) is 0 Å². The molecule has 0 amide bonds. The molecular weight excluding hydrogens is 252 g/mol. The largest absolute Gasteiger partial charge is 0.393 e. The van der Waals surface area contributed by atoms with Crippen molar-refractivity contribution in [3.05, 3.63) is 0 Å². The van der Waals surface area contributed by atoms with E-state index in [1.807, 2.05) is 6.92 Å². The summed E-state index contributed by atoms with van der Waals surface area (Å²) in [5.74, 6) is 0. The van der Waals surface area contributed by atoms with E-state index in [1.165, 1.54) is 10.7 Å². The maximum Gasteiger partial charge on any atom is 0.279 e. The summed E-state index contributed by atoms with van der Waals surface area (Å²) in [6.07, 6.45) is 6.03. The Morgan fingerprint density at radius 3 is 2.50 bits per heavy atom. The van der Waals surface area contributed by atoms with Gasteiger partial charge in [0, 0.05) is 19.6 Å². The average Bonchev–Trinajstić information content (AvgIpc) is 2.38. The van der Waals surface area contributed by atoms with Crippen molar-refractivity contribution in [1.82, 2.24) is 9.03 Å². The lowest BCUT2D eigenvalue weighted by molar-refractivity contribution is 0.161. The highest BCUT2D eigenvalue weighted by molar-refractivity contribution is 7.87. The molecule has 1 rings (SSSR count). The van der Waals surface area contributed by atoms with E-state index in [0.717, 1.165) is 25.7 Å². The minimum absolute atomic E-state index is 0.132. The van der Waals surface area contributed by atoms with E-state index in [4.69, 9.17) is 0 Å². The summed E-state index contributed by atoms with van der Waals surface area (Å²) in [4.78, 5) is 0. The fourth-order valence-corrected chi connectivity index (χ4v) is 3.48. The minimum atomic E-state index is -3.39. The summed E-state index contributed by atoms with van der Waals surface area (Å²) >= 11 is 0. The van der Waals surface area contributed by atoms with Crippen molar-refractivity contribution in [1.29, 1.82) is 0 Å². The predicted octanol–water partition coefficient (Wildman–Crippen LogP) is 1.25. The Hall–Kier alpha value is -0.170. The summed E-state index contributed by atoms with van der Waals surface area (Å²) < 4.78 is 28.1. The van der Waals surface area contributed by atoms with Gasteiger partial charge in [-0.25, -0.2) is 4.72 Å². The Bertz CT molecular complexity index is 326. The Kier molecular flexibility index (Phi) is 6.55. The molecule has 1 fully saturated rings. The molecule has 1 unspecified atom stereocenters. The molecule has 0 saturated heterocycles. The van der Waals surface area contributed by atoms with Crippen molar-refractivity contribution in [2.45, 2.75) is 64.0 Å². The van der Waals surface area contributed by atoms with E-state index in [0.29, 0.717) is 19.4 Å². The Morgan fingerprint density at radius 2 is 1.94 bits per heavy atom. The van der Waals surface area contributed by atoms with Crippen LogP contribution in [0.15, 0.2) is 0 Å². The summed E-state index contributed by atoms with van der Waals surface area (Å²) in [6.45, 7) is 2.18. The molecule has 2 N–H and O–H groups in total. The number of aliphatic hydroxyl groups excluding tert-OH is 1. The fraction of sp³-hybridized carbons (Fsp3) is 1.00. The maximum absolute atomic E-state index is 12.0. The topological polar surface area (TPSA) is 69.6 Å². The number of nitrogens with zero attached hydrogens (tertiary/aromatic N) is 1. The molecule has 0 aromatic rings. The SMILES string of the molecule is CCC(O)CCNS(=O)(=O)N(C)C1CCCCC1. The zero-order chi connectivity index (χ0) is 13.6. The molecule has 0 spiro atoms. The highest BCUT2D eigenvalue weighted by atomic mass is 32.2. The van der Waals surface area contributed by atoms with Gasteiger partial charge in [-0.3, -0.25) is 0 Å². The Morgan fingerprint density at radius 1 is 1.33 bits per heavy atom. The van der Waals surface area contributed by atoms with Crippen molar-refractivity contribution in [2.24, 2.45) is 0 Å². The third kappa shape index (κ3) is 4.84. The molecule has 0 aromatic carbocycles. The summed E-state index contributed by atoms with van der Waals surface area (Å²) in [7, 11) is -1.74. The second-order valence-corrected chi connectivity index (χ2v) is 6.87. The monoisotopic (exact) mass is 278 g/mol. The average molecular weight is 278 g/mol. The van der Waals surface area contributed by atoms with Crippen molar-refractivity contribution in [2.75, 3.05) is 13.6 Å². The van der Waals surface area contributed by atoms with Crippen LogP contribution in [-0.2, 0) is 10.2 Å². The van der Waals surface area contributed by atoms with Crippen molar-refractivity contribution >= 4 is 10.2 Å². The van der Waals surface area contributed by atoms with Gasteiger partial charge in [0.25, 0.3) is 10.2 Å². The van der Waals surface area contributed by atoms with Crippen LogP contribution in [0.3, 0.4) is 0 Å². The van der Waals surface area contributed by atoms with E-state index in [2.05, 4.69) is 4.72 Å². The van der Waals surface area contributed by atoms with Crippen LogP contribution in [0.25, 0.3) is 0 Å². The van der Waals surface area contributed by atoms with Crippen LogP contribution < -0.4 is 4.72 Å². The molecule has 1 atom stereocenters. The Labute approximate surface area is 111 Å². The van der Waals surface area contributed by atoms with Gasteiger partial charge in [-0.05, 0) is 25.7 Å². The number of hydrogen-bond donors (Lipinski definition) is 2. The van der Waals surface area contributed by atoms with Crippen LogP contribution in [0.1, 0.15) is 51.9 Å². The van der Waals surface area contributed by atoms with Gasteiger partial charge in [0.15, 0.2) is 0 Å². The molecule has 0 aliphatic heterocycles. The fourth-order valence-electron chi connectivity index (χ4n) is 2.30. The van der Waals surface area contributed by atoms with Crippen molar-refractivity contribution in [3.8, 4) is 0 Å². The first kappa shape index (κ1) is 15.9. The smallest absolute Gasteiger partial charge is 0.279 e. The lowest BCUT2D eigenvalue weighted by atomic mass is 9.96. The first-order chi connectivity index (χ1) is 8.47. The van der Waals surface area contributed by atoms with Gasteiger partial charge >= 0.3 is 0 Å². The summed E-state index contributed by atoms with van der Waals surface area (Å²) in [5, 5.41) is 9.39. The van der Waals surface area contributed by atoms with Gasteiger partial charge in [-0.2, -0.15) is 12.7 Å². The highest BCUT2D eigenvalue weighted by Gasteiger charge is 2.27. The van der Waals surface area contributed by atoms with Gasteiger partial charge in [0.1, 0.15) is 0 Å². The third-order valence-corrected chi connectivity index (χ3v) is 5.33. The standard InChI is InChI=1S/C12H26N2O3S/c1-3-12(15)9-10-13-18(16,17)14(2)11-7-5-4-6-8-11/h11-13,15H,3-10H2,1-2H3. The quantitative estimate of drug-likeness (QED) is 0.736. The third-order valence-electron chi connectivity index (χ3n) is 3.70. The summed E-state index contributed by atoms with van der Waals surface area (Å²) in [5.41, 5.74) is 0. The number of nitrogens with one attached hydrogen (secondary N) is 1. The molecule has 0 bridgehead atoms. The molecule has 1 aliphatic carbocycles. The van der Waals surface area contributed by atoms with E-state index in [-0.39, 0.29) is 6.04 Å². The van der Waals surface area contributed by atoms with Gasteiger partial charge in [0.05, 0.1) is 6.10 Å². The molecule has 5 nitrogen and oxygen atoms in total.